The van der Waals surface area contributed by atoms with Crippen molar-refractivity contribution in [2.45, 2.75) is 32.6 Å². The van der Waals surface area contributed by atoms with Crippen molar-refractivity contribution in [3.8, 4) is 0 Å². The number of aromatic nitrogens is 1. The Bertz CT molecular complexity index is 621. The molecule has 0 aliphatic carbocycles. The Labute approximate surface area is 185 Å². The van der Waals surface area contributed by atoms with Crippen LogP contribution in [-0.4, -0.2) is 61.1 Å². The van der Waals surface area contributed by atoms with E-state index < -0.39 is 11.9 Å². The SMILES string of the molecule is CC(=O)C(CCC1CCNCC1)C(=O)ON1CCN(c2ccncc2)CC1.Cl.Cl. The van der Waals surface area contributed by atoms with E-state index >= 15 is 0 Å². The molecule has 1 aromatic heterocycles. The minimum atomic E-state index is -0.641. The molecule has 0 aromatic carbocycles. The number of rotatable bonds is 7. The van der Waals surface area contributed by atoms with E-state index in [0.29, 0.717) is 25.4 Å². The second-order valence-electron chi connectivity index (χ2n) is 7.47. The molecule has 0 bridgehead atoms. The molecule has 0 saturated carbocycles. The fourth-order valence-corrected chi connectivity index (χ4v) is 3.84. The lowest BCUT2D eigenvalue weighted by molar-refractivity contribution is -0.197. The molecule has 3 heterocycles. The van der Waals surface area contributed by atoms with E-state index in [9.17, 15) is 9.59 Å². The lowest BCUT2D eigenvalue weighted by Crippen LogP contribution is -2.48. The minimum absolute atomic E-state index is 0. The average Bonchev–Trinajstić information content (AvgIpc) is 2.70. The number of nitrogens with zero attached hydrogens (tertiary/aromatic N) is 3. The highest BCUT2D eigenvalue weighted by Gasteiger charge is 2.29. The van der Waals surface area contributed by atoms with Crippen LogP contribution in [0.5, 0.6) is 0 Å². The molecule has 2 fully saturated rings. The summed E-state index contributed by atoms with van der Waals surface area (Å²) in [6.07, 6.45) is 7.31. The minimum Gasteiger partial charge on any atom is -0.369 e. The number of hydroxylamine groups is 2. The summed E-state index contributed by atoms with van der Waals surface area (Å²) in [7, 11) is 0. The predicted molar refractivity (Wildman–Crippen MR) is 118 cm³/mol. The molecule has 0 spiro atoms. The number of pyridine rings is 1. The van der Waals surface area contributed by atoms with Crippen LogP contribution >= 0.6 is 24.8 Å². The van der Waals surface area contributed by atoms with E-state index in [1.54, 1.807) is 17.5 Å². The van der Waals surface area contributed by atoms with Crippen molar-refractivity contribution in [1.29, 1.82) is 0 Å². The molecule has 1 N–H and O–H groups in total. The third-order valence-electron chi connectivity index (χ3n) is 5.58. The number of carbonyl (C=O) groups excluding carboxylic acids is 2. The van der Waals surface area contributed by atoms with Crippen LogP contribution in [0.25, 0.3) is 0 Å². The Morgan fingerprint density at radius 2 is 1.76 bits per heavy atom. The molecule has 1 unspecified atom stereocenters. The van der Waals surface area contributed by atoms with Crippen molar-refractivity contribution in [3.05, 3.63) is 24.5 Å². The zero-order chi connectivity index (χ0) is 19.1. The maximum absolute atomic E-state index is 12.6. The van der Waals surface area contributed by atoms with Crippen LogP contribution in [0, 0.1) is 11.8 Å². The molecule has 3 rings (SSSR count). The van der Waals surface area contributed by atoms with Crippen molar-refractivity contribution in [2.24, 2.45) is 11.8 Å². The zero-order valence-electron chi connectivity index (χ0n) is 16.9. The Morgan fingerprint density at radius 1 is 1.14 bits per heavy atom. The second-order valence-corrected chi connectivity index (χ2v) is 7.47. The summed E-state index contributed by atoms with van der Waals surface area (Å²) in [5.74, 6) is -0.527. The van der Waals surface area contributed by atoms with E-state index in [1.807, 2.05) is 12.1 Å². The molecule has 9 heteroatoms. The van der Waals surface area contributed by atoms with Crippen LogP contribution in [0.2, 0.25) is 0 Å². The van der Waals surface area contributed by atoms with Gasteiger partial charge in [0.15, 0.2) is 0 Å². The van der Waals surface area contributed by atoms with Crippen molar-refractivity contribution in [3.63, 3.8) is 0 Å². The van der Waals surface area contributed by atoms with Crippen molar-refractivity contribution >= 4 is 42.3 Å². The number of hydrogen-bond acceptors (Lipinski definition) is 7. The van der Waals surface area contributed by atoms with Crippen LogP contribution in [0.3, 0.4) is 0 Å². The van der Waals surface area contributed by atoms with Gasteiger partial charge in [0.05, 0.1) is 13.1 Å². The lowest BCUT2D eigenvalue weighted by atomic mass is 9.88. The highest BCUT2D eigenvalue weighted by Crippen LogP contribution is 2.23. The van der Waals surface area contributed by atoms with Crippen LogP contribution in [-0.2, 0) is 14.4 Å². The normalized spacial score (nSPS) is 18.9. The van der Waals surface area contributed by atoms with Gasteiger partial charge in [-0.05, 0) is 63.7 Å². The maximum atomic E-state index is 12.6. The summed E-state index contributed by atoms with van der Waals surface area (Å²) in [6, 6.07) is 3.96. The maximum Gasteiger partial charge on any atom is 0.335 e. The highest BCUT2D eigenvalue weighted by atomic mass is 35.5. The van der Waals surface area contributed by atoms with Gasteiger partial charge in [-0.15, -0.1) is 29.9 Å². The van der Waals surface area contributed by atoms with Gasteiger partial charge < -0.3 is 15.1 Å². The molecule has 2 saturated heterocycles. The fraction of sp³-hybridized carbons (Fsp3) is 0.650. The molecule has 2 aliphatic rings. The molecule has 164 valence electrons. The third-order valence-corrected chi connectivity index (χ3v) is 5.58. The van der Waals surface area contributed by atoms with Gasteiger partial charge in [-0.3, -0.25) is 9.78 Å². The molecule has 1 aromatic rings. The Kier molecular flexibility index (Phi) is 11.5. The quantitative estimate of drug-likeness (QED) is 0.644. The highest BCUT2D eigenvalue weighted by molar-refractivity contribution is 5.97. The standard InChI is InChI=1S/C20H30N4O3.2ClH/c1-16(25)19(3-2-17-4-8-21-9-5-17)20(26)27-24-14-12-23(13-15-24)18-6-10-22-11-7-18;;/h6-7,10-11,17,19,21H,2-5,8-9,12-15H2,1H3;2*1H. The summed E-state index contributed by atoms with van der Waals surface area (Å²) in [6.45, 7) is 6.37. The number of hydrogen-bond donors (Lipinski definition) is 1. The number of anilines is 1. The predicted octanol–water partition coefficient (Wildman–Crippen LogP) is 2.49. The number of halogens is 2. The van der Waals surface area contributed by atoms with Gasteiger partial charge in [-0.25, -0.2) is 4.79 Å². The van der Waals surface area contributed by atoms with Crippen molar-refractivity contribution in [2.75, 3.05) is 44.2 Å². The molecular weight excluding hydrogens is 415 g/mol. The van der Waals surface area contributed by atoms with E-state index in [1.165, 1.54) is 6.92 Å². The first-order chi connectivity index (χ1) is 13.1. The summed E-state index contributed by atoms with van der Waals surface area (Å²) in [5.41, 5.74) is 1.12. The van der Waals surface area contributed by atoms with Crippen LogP contribution in [0.15, 0.2) is 24.5 Å². The Morgan fingerprint density at radius 3 is 2.34 bits per heavy atom. The third kappa shape index (κ3) is 7.74. The average molecular weight is 447 g/mol. The first-order valence-electron chi connectivity index (χ1n) is 9.96. The van der Waals surface area contributed by atoms with Crippen LogP contribution in [0.1, 0.15) is 32.6 Å². The van der Waals surface area contributed by atoms with E-state index in [0.717, 1.165) is 51.1 Å². The van der Waals surface area contributed by atoms with Gasteiger partial charge in [-0.1, -0.05) is 0 Å². The van der Waals surface area contributed by atoms with Gasteiger partial charge in [0, 0.05) is 31.2 Å². The second kappa shape index (κ2) is 13.0. The first kappa shape index (κ1) is 25.6. The number of nitrogens with one attached hydrogen (secondary N) is 1. The fourth-order valence-electron chi connectivity index (χ4n) is 3.84. The van der Waals surface area contributed by atoms with E-state index in [2.05, 4.69) is 15.2 Å². The summed E-state index contributed by atoms with van der Waals surface area (Å²) in [4.78, 5) is 36.4. The van der Waals surface area contributed by atoms with Gasteiger partial charge in [0.25, 0.3) is 0 Å². The number of ketones is 1. The molecule has 0 radical (unpaired) electrons. The topological polar surface area (TPSA) is 74.8 Å². The largest absolute Gasteiger partial charge is 0.369 e. The summed E-state index contributed by atoms with van der Waals surface area (Å²) < 4.78 is 0. The van der Waals surface area contributed by atoms with Crippen molar-refractivity contribution < 1.29 is 14.4 Å². The van der Waals surface area contributed by atoms with Crippen LogP contribution < -0.4 is 10.2 Å². The number of piperazine rings is 1. The molecule has 29 heavy (non-hydrogen) atoms. The smallest absolute Gasteiger partial charge is 0.335 e. The van der Waals surface area contributed by atoms with Gasteiger partial charge in [0.2, 0.25) is 0 Å². The zero-order valence-corrected chi connectivity index (χ0v) is 18.6. The van der Waals surface area contributed by atoms with Gasteiger partial charge in [0.1, 0.15) is 11.7 Å². The number of carbonyl (C=O) groups is 2. The number of Topliss-reactive ketones (excluding diaryl/α,β-unsaturated/α-hetero) is 1. The lowest BCUT2D eigenvalue weighted by Gasteiger charge is -2.35. The Hall–Kier alpha value is -1.41. The molecular formula is C20H32Cl2N4O3. The summed E-state index contributed by atoms with van der Waals surface area (Å²) >= 11 is 0. The Balaban J connectivity index is 0.00000210. The van der Waals surface area contributed by atoms with E-state index in [4.69, 9.17) is 4.84 Å². The molecule has 1 atom stereocenters. The first-order valence-corrected chi connectivity index (χ1v) is 9.96. The summed E-state index contributed by atoms with van der Waals surface area (Å²) in [5, 5.41) is 5.04. The van der Waals surface area contributed by atoms with Gasteiger partial charge >= 0.3 is 5.97 Å². The van der Waals surface area contributed by atoms with E-state index in [-0.39, 0.29) is 30.6 Å². The van der Waals surface area contributed by atoms with Gasteiger partial charge in [-0.2, -0.15) is 0 Å². The monoisotopic (exact) mass is 446 g/mol. The molecule has 0 amide bonds. The molecule has 7 nitrogen and oxygen atoms in total. The van der Waals surface area contributed by atoms with Crippen molar-refractivity contribution in [1.82, 2.24) is 15.4 Å². The molecule has 2 aliphatic heterocycles. The van der Waals surface area contributed by atoms with Crippen LogP contribution in [0.4, 0.5) is 5.69 Å². The number of piperidine rings is 1.